The quantitative estimate of drug-likeness (QED) is 0.782. The molecule has 0 bridgehead atoms. The molecule has 0 radical (unpaired) electrons. The van der Waals surface area contributed by atoms with Crippen LogP contribution in [0, 0.1) is 0 Å². The van der Waals surface area contributed by atoms with Crippen molar-refractivity contribution in [1.29, 1.82) is 0 Å². The molecule has 0 atom stereocenters. The molecule has 1 aromatic carbocycles. The van der Waals surface area contributed by atoms with E-state index in [4.69, 9.17) is 0 Å². The van der Waals surface area contributed by atoms with Crippen molar-refractivity contribution in [2.75, 3.05) is 12.4 Å². The second-order valence-electron chi connectivity index (χ2n) is 3.38. The first-order valence-corrected chi connectivity index (χ1v) is 5.06. The van der Waals surface area contributed by atoms with Gasteiger partial charge < -0.3 is 10.1 Å². The van der Waals surface area contributed by atoms with Crippen LogP contribution in [-0.4, -0.2) is 34.4 Å². The Kier molecular flexibility index (Phi) is 3.33. The molecule has 2 N–H and O–H groups in total. The van der Waals surface area contributed by atoms with Gasteiger partial charge in [-0.2, -0.15) is 15.4 Å². The standard InChI is InChI=1S/C11H10N4O3/c1-18-11(17)7-2-4-8(5-3-7)13-10(16)9-6-12-15-14-9/h2-6H,1H3,(H,13,16)(H,12,14,15). The van der Waals surface area contributed by atoms with Crippen LogP contribution in [0.1, 0.15) is 20.8 Å². The first-order chi connectivity index (χ1) is 8.70. The van der Waals surface area contributed by atoms with Gasteiger partial charge in [0.05, 0.1) is 18.9 Å². The molecule has 0 fully saturated rings. The van der Waals surface area contributed by atoms with E-state index in [0.29, 0.717) is 11.3 Å². The zero-order chi connectivity index (χ0) is 13.0. The first kappa shape index (κ1) is 11.8. The van der Waals surface area contributed by atoms with Gasteiger partial charge in [0.2, 0.25) is 0 Å². The molecule has 18 heavy (non-hydrogen) atoms. The van der Waals surface area contributed by atoms with Gasteiger partial charge >= 0.3 is 5.97 Å². The highest BCUT2D eigenvalue weighted by Gasteiger charge is 2.09. The molecular formula is C11H10N4O3. The molecule has 7 heteroatoms. The third kappa shape index (κ3) is 2.51. The maximum Gasteiger partial charge on any atom is 0.337 e. The van der Waals surface area contributed by atoms with E-state index in [1.165, 1.54) is 13.3 Å². The van der Waals surface area contributed by atoms with Gasteiger partial charge in [0, 0.05) is 5.69 Å². The number of methoxy groups -OCH3 is 1. The van der Waals surface area contributed by atoms with E-state index in [9.17, 15) is 9.59 Å². The van der Waals surface area contributed by atoms with E-state index in [1.807, 2.05) is 0 Å². The van der Waals surface area contributed by atoms with Crippen molar-refractivity contribution in [2.45, 2.75) is 0 Å². The summed E-state index contributed by atoms with van der Waals surface area (Å²) in [5.74, 6) is -0.807. The van der Waals surface area contributed by atoms with Crippen LogP contribution < -0.4 is 5.32 Å². The highest BCUT2D eigenvalue weighted by molar-refractivity contribution is 6.02. The van der Waals surface area contributed by atoms with Gasteiger partial charge in [0.25, 0.3) is 5.91 Å². The molecule has 0 saturated carbocycles. The van der Waals surface area contributed by atoms with E-state index < -0.39 is 5.97 Å². The van der Waals surface area contributed by atoms with Gasteiger partial charge in [0.15, 0.2) is 5.69 Å². The first-order valence-electron chi connectivity index (χ1n) is 5.06. The summed E-state index contributed by atoms with van der Waals surface area (Å²) in [6, 6.07) is 6.32. The number of aromatic nitrogens is 3. The lowest BCUT2D eigenvalue weighted by Gasteiger charge is -2.03. The third-order valence-corrected chi connectivity index (χ3v) is 2.21. The van der Waals surface area contributed by atoms with Gasteiger partial charge in [-0.05, 0) is 24.3 Å². The summed E-state index contributed by atoms with van der Waals surface area (Å²) in [5.41, 5.74) is 1.15. The fraction of sp³-hybridized carbons (Fsp3) is 0.0909. The second-order valence-corrected chi connectivity index (χ2v) is 3.38. The summed E-state index contributed by atoms with van der Waals surface area (Å²) in [5, 5.41) is 12.1. The van der Waals surface area contributed by atoms with Crippen LogP contribution >= 0.6 is 0 Å². The summed E-state index contributed by atoms with van der Waals surface area (Å²) in [6.45, 7) is 0. The minimum atomic E-state index is -0.427. The Labute approximate surface area is 102 Å². The number of anilines is 1. The molecular weight excluding hydrogens is 236 g/mol. The van der Waals surface area contributed by atoms with Gasteiger partial charge in [-0.1, -0.05) is 0 Å². The van der Waals surface area contributed by atoms with Crippen LogP contribution in [0.5, 0.6) is 0 Å². The van der Waals surface area contributed by atoms with Crippen LogP contribution in [0.25, 0.3) is 0 Å². The van der Waals surface area contributed by atoms with Crippen molar-refractivity contribution in [3.05, 3.63) is 41.7 Å². The molecule has 1 heterocycles. The SMILES string of the molecule is COC(=O)c1ccc(NC(=O)c2cn[nH]n2)cc1. The van der Waals surface area contributed by atoms with Crippen LogP contribution in [0.4, 0.5) is 5.69 Å². The lowest BCUT2D eigenvalue weighted by molar-refractivity contribution is 0.0600. The number of nitrogens with one attached hydrogen (secondary N) is 2. The average Bonchev–Trinajstić information content (AvgIpc) is 2.92. The zero-order valence-corrected chi connectivity index (χ0v) is 9.51. The van der Waals surface area contributed by atoms with Crippen molar-refractivity contribution in [1.82, 2.24) is 15.4 Å². The molecule has 1 aromatic heterocycles. The molecule has 0 aliphatic heterocycles. The second kappa shape index (κ2) is 5.09. The minimum absolute atomic E-state index is 0.187. The number of aromatic amines is 1. The maximum absolute atomic E-state index is 11.6. The minimum Gasteiger partial charge on any atom is -0.465 e. The number of carbonyl (C=O) groups is 2. The fourth-order valence-corrected chi connectivity index (χ4v) is 1.31. The Morgan fingerprint density at radius 2 is 2.00 bits per heavy atom. The molecule has 2 aromatic rings. The van der Waals surface area contributed by atoms with Crippen molar-refractivity contribution in [3.63, 3.8) is 0 Å². The molecule has 92 valence electrons. The number of nitrogens with zero attached hydrogens (tertiary/aromatic N) is 2. The zero-order valence-electron chi connectivity index (χ0n) is 9.51. The smallest absolute Gasteiger partial charge is 0.337 e. The largest absolute Gasteiger partial charge is 0.465 e. The van der Waals surface area contributed by atoms with Gasteiger partial charge in [0.1, 0.15) is 0 Å². The Morgan fingerprint density at radius 1 is 1.28 bits per heavy atom. The summed E-state index contributed by atoms with van der Waals surface area (Å²) in [6.07, 6.45) is 1.32. The Bertz CT molecular complexity index is 548. The van der Waals surface area contributed by atoms with Crippen molar-refractivity contribution in [2.24, 2.45) is 0 Å². The number of amides is 1. The van der Waals surface area contributed by atoms with Crippen molar-refractivity contribution in [3.8, 4) is 0 Å². The summed E-state index contributed by atoms with van der Waals surface area (Å²) in [7, 11) is 1.31. The average molecular weight is 246 g/mol. The Balaban J connectivity index is 2.07. The van der Waals surface area contributed by atoms with E-state index in [2.05, 4.69) is 25.5 Å². The van der Waals surface area contributed by atoms with Crippen LogP contribution in [0.3, 0.4) is 0 Å². The van der Waals surface area contributed by atoms with Gasteiger partial charge in [-0.3, -0.25) is 4.79 Å². The molecule has 0 aliphatic rings. The molecule has 0 saturated heterocycles. The molecule has 1 amide bonds. The van der Waals surface area contributed by atoms with E-state index in [-0.39, 0.29) is 11.6 Å². The highest BCUT2D eigenvalue weighted by Crippen LogP contribution is 2.11. The van der Waals surface area contributed by atoms with Crippen LogP contribution in [-0.2, 0) is 4.74 Å². The molecule has 2 rings (SSSR count). The van der Waals surface area contributed by atoms with Gasteiger partial charge in [-0.25, -0.2) is 4.79 Å². The van der Waals surface area contributed by atoms with E-state index in [1.54, 1.807) is 24.3 Å². The molecule has 0 unspecified atom stereocenters. The summed E-state index contributed by atoms with van der Waals surface area (Å²) < 4.78 is 4.57. The topological polar surface area (TPSA) is 97.0 Å². The summed E-state index contributed by atoms with van der Waals surface area (Å²) in [4.78, 5) is 22.8. The number of hydrogen-bond donors (Lipinski definition) is 2. The predicted octanol–water partition coefficient (Wildman–Crippen LogP) is 0.844. The Morgan fingerprint density at radius 3 is 2.56 bits per heavy atom. The van der Waals surface area contributed by atoms with E-state index >= 15 is 0 Å². The lowest BCUT2D eigenvalue weighted by atomic mass is 10.2. The van der Waals surface area contributed by atoms with E-state index in [0.717, 1.165) is 0 Å². The number of H-pyrrole nitrogens is 1. The normalized spacial score (nSPS) is 9.83. The maximum atomic E-state index is 11.6. The van der Waals surface area contributed by atoms with Crippen LogP contribution in [0.15, 0.2) is 30.5 Å². The number of carbonyl (C=O) groups excluding carboxylic acids is 2. The number of benzene rings is 1. The molecule has 0 spiro atoms. The van der Waals surface area contributed by atoms with Gasteiger partial charge in [-0.15, -0.1) is 0 Å². The number of rotatable bonds is 3. The van der Waals surface area contributed by atoms with Crippen LogP contribution in [0.2, 0.25) is 0 Å². The fourth-order valence-electron chi connectivity index (χ4n) is 1.31. The lowest BCUT2D eigenvalue weighted by Crippen LogP contribution is -2.12. The third-order valence-electron chi connectivity index (χ3n) is 2.21. The Hall–Kier alpha value is -2.70. The molecule has 7 nitrogen and oxygen atoms in total. The predicted molar refractivity (Wildman–Crippen MR) is 62.1 cm³/mol. The number of esters is 1. The number of hydrogen-bond acceptors (Lipinski definition) is 5. The summed E-state index contributed by atoms with van der Waals surface area (Å²) >= 11 is 0. The van der Waals surface area contributed by atoms with Crippen molar-refractivity contribution < 1.29 is 14.3 Å². The van der Waals surface area contributed by atoms with Crippen molar-refractivity contribution >= 4 is 17.6 Å². The molecule has 0 aliphatic carbocycles. The monoisotopic (exact) mass is 246 g/mol. The highest BCUT2D eigenvalue weighted by atomic mass is 16.5. The number of ether oxygens (including phenoxy) is 1.